The average Bonchev–Trinajstić information content (AvgIpc) is 3.27. The summed E-state index contributed by atoms with van der Waals surface area (Å²) >= 11 is 5.72. The zero-order chi connectivity index (χ0) is 22.6. The highest BCUT2D eigenvalue weighted by atomic mass is 32.1. The number of hydrogen-bond acceptors (Lipinski definition) is 3. The Labute approximate surface area is 198 Å². The molecule has 33 heavy (non-hydrogen) atoms. The molecule has 4 aromatic rings. The van der Waals surface area contributed by atoms with Crippen molar-refractivity contribution in [2.24, 2.45) is 0 Å². The van der Waals surface area contributed by atoms with E-state index in [1.54, 1.807) is 4.68 Å². The topological polar surface area (TPSA) is 50.2 Å². The molecular weight excluding hydrogens is 428 g/mol. The summed E-state index contributed by atoms with van der Waals surface area (Å²) in [5.74, 6) is -0.104. The maximum Gasteiger partial charge on any atom is 0.278 e. The number of rotatable bonds is 4. The Bertz CT molecular complexity index is 1270. The molecule has 0 atom stereocenters. The lowest BCUT2D eigenvalue weighted by molar-refractivity contribution is 0.0940. The summed E-state index contributed by atoms with van der Waals surface area (Å²) < 4.78 is 1.59. The second-order valence-corrected chi connectivity index (χ2v) is 8.43. The van der Waals surface area contributed by atoms with Crippen LogP contribution in [0, 0.1) is 0 Å². The number of nitrogens with one attached hydrogen (secondary N) is 1. The average molecular weight is 453 g/mol. The summed E-state index contributed by atoms with van der Waals surface area (Å²) in [6, 6.07) is 29.6. The Morgan fingerprint density at radius 1 is 0.909 bits per heavy atom. The van der Waals surface area contributed by atoms with Gasteiger partial charge in [-0.2, -0.15) is 9.78 Å². The molecule has 0 fully saturated rings. The van der Waals surface area contributed by atoms with Crippen LogP contribution in [0.4, 0.5) is 0 Å². The fourth-order valence-corrected chi connectivity index (χ4v) is 4.40. The number of nitrogens with zero attached hydrogens (tertiary/aromatic N) is 3. The monoisotopic (exact) mass is 452 g/mol. The maximum absolute atomic E-state index is 13.3. The van der Waals surface area contributed by atoms with Crippen molar-refractivity contribution in [3.8, 4) is 11.3 Å². The van der Waals surface area contributed by atoms with Crippen LogP contribution >= 0.6 is 12.2 Å². The minimum absolute atomic E-state index is 0.104. The highest BCUT2D eigenvalue weighted by molar-refractivity contribution is 7.80. The van der Waals surface area contributed by atoms with Gasteiger partial charge in [0.1, 0.15) is 0 Å². The van der Waals surface area contributed by atoms with Crippen molar-refractivity contribution in [1.29, 1.82) is 0 Å². The number of fused-ring (bicyclic) bond motifs is 1. The third-order valence-electron chi connectivity index (χ3n) is 5.89. The molecule has 0 saturated carbocycles. The Morgan fingerprint density at radius 2 is 1.55 bits per heavy atom. The molecule has 2 heterocycles. The number of aromatic nitrogens is 2. The van der Waals surface area contributed by atoms with Crippen molar-refractivity contribution in [3.63, 3.8) is 0 Å². The van der Waals surface area contributed by atoms with Crippen LogP contribution in [0.5, 0.6) is 0 Å². The SMILES string of the molecule is O=C(c1ccccc1)n1nc(-c2ccccc2)c2c1CCN(C(=S)NCc1ccccc1)C2. The first-order valence-electron chi connectivity index (χ1n) is 11.0. The highest BCUT2D eigenvalue weighted by Gasteiger charge is 2.29. The largest absolute Gasteiger partial charge is 0.358 e. The van der Waals surface area contributed by atoms with E-state index in [1.165, 1.54) is 5.56 Å². The van der Waals surface area contributed by atoms with E-state index >= 15 is 0 Å². The molecule has 0 spiro atoms. The Hall–Kier alpha value is -3.77. The van der Waals surface area contributed by atoms with E-state index in [1.807, 2.05) is 78.9 Å². The second kappa shape index (κ2) is 9.38. The number of benzene rings is 3. The van der Waals surface area contributed by atoms with E-state index in [9.17, 15) is 4.79 Å². The van der Waals surface area contributed by atoms with E-state index in [0.29, 0.717) is 30.2 Å². The number of hydrogen-bond donors (Lipinski definition) is 1. The van der Waals surface area contributed by atoms with Crippen LogP contribution in [-0.2, 0) is 19.5 Å². The summed E-state index contributed by atoms with van der Waals surface area (Å²) in [5, 5.41) is 8.89. The van der Waals surface area contributed by atoms with E-state index in [4.69, 9.17) is 17.3 Å². The molecule has 1 aliphatic rings. The number of carbonyl (C=O) groups is 1. The van der Waals surface area contributed by atoms with Crippen LogP contribution in [-0.4, -0.2) is 32.2 Å². The van der Waals surface area contributed by atoms with E-state index in [2.05, 4.69) is 22.3 Å². The van der Waals surface area contributed by atoms with Crippen LogP contribution in [0.1, 0.15) is 27.2 Å². The van der Waals surface area contributed by atoms with Crippen LogP contribution < -0.4 is 5.32 Å². The first-order chi connectivity index (χ1) is 16.2. The molecular formula is C27H24N4OS. The van der Waals surface area contributed by atoms with Crippen LogP contribution in [0.15, 0.2) is 91.0 Å². The lowest BCUT2D eigenvalue weighted by atomic mass is 10.0. The molecule has 0 bridgehead atoms. The van der Waals surface area contributed by atoms with Gasteiger partial charge in [0.15, 0.2) is 5.11 Å². The highest BCUT2D eigenvalue weighted by Crippen LogP contribution is 2.30. The van der Waals surface area contributed by atoms with Crippen molar-refractivity contribution in [2.45, 2.75) is 19.5 Å². The van der Waals surface area contributed by atoms with Crippen molar-refractivity contribution in [3.05, 3.63) is 113 Å². The number of thiocarbonyl (C=S) groups is 1. The Kier molecular flexibility index (Phi) is 6.00. The van der Waals surface area contributed by atoms with E-state index in [-0.39, 0.29) is 5.91 Å². The Morgan fingerprint density at radius 3 is 2.24 bits per heavy atom. The summed E-state index contributed by atoms with van der Waals surface area (Å²) in [6.07, 6.45) is 0.695. The molecule has 5 rings (SSSR count). The van der Waals surface area contributed by atoms with Gasteiger partial charge in [-0.15, -0.1) is 0 Å². The van der Waals surface area contributed by atoms with Gasteiger partial charge in [0.05, 0.1) is 11.4 Å². The maximum atomic E-state index is 13.3. The van der Waals surface area contributed by atoms with Crippen molar-refractivity contribution in [1.82, 2.24) is 20.0 Å². The molecule has 1 N–H and O–H groups in total. The van der Waals surface area contributed by atoms with Gasteiger partial charge in [-0.05, 0) is 29.9 Å². The summed E-state index contributed by atoms with van der Waals surface area (Å²) in [5.41, 5.74) is 5.67. The van der Waals surface area contributed by atoms with Crippen molar-refractivity contribution in [2.75, 3.05) is 6.54 Å². The lowest BCUT2D eigenvalue weighted by Gasteiger charge is -2.30. The van der Waals surface area contributed by atoms with E-state index in [0.717, 1.165) is 29.1 Å². The molecule has 6 heteroatoms. The minimum Gasteiger partial charge on any atom is -0.358 e. The van der Waals surface area contributed by atoms with Gasteiger partial charge in [0.2, 0.25) is 0 Å². The quantitative estimate of drug-likeness (QED) is 0.456. The van der Waals surface area contributed by atoms with Gasteiger partial charge < -0.3 is 10.2 Å². The first kappa shape index (κ1) is 21.1. The third kappa shape index (κ3) is 4.43. The van der Waals surface area contributed by atoms with Gasteiger partial charge in [0.25, 0.3) is 5.91 Å². The van der Waals surface area contributed by atoms with E-state index < -0.39 is 0 Å². The van der Waals surface area contributed by atoms with Crippen LogP contribution in [0.2, 0.25) is 0 Å². The molecule has 0 amide bonds. The normalized spacial score (nSPS) is 12.8. The molecule has 0 saturated heterocycles. The predicted molar refractivity (Wildman–Crippen MR) is 134 cm³/mol. The van der Waals surface area contributed by atoms with Crippen LogP contribution in [0.25, 0.3) is 11.3 Å². The fourth-order valence-electron chi connectivity index (χ4n) is 4.18. The molecule has 0 aliphatic carbocycles. The fraction of sp³-hybridized carbons (Fsp3) is 0.148. The van der Waals surface area contributed by atoms with Gasteiger partial charge in [0, 0.05) is 42.7 Å². The summed E-state index contributed by atoms with van der Waals surface area (Å²) in [7, 11) is 0. The molecule has 1 aliphatic heterocycles. The molecule has 1 aromatic heterocycles. The predicted octanol–water partition coefficient (Wildman–Crippen LogP) is 4.67. The molecule has 164 valence electrons. The standard InChI is InChI=1S/C27H24N4OS/c32-26(22-14-8-3-9-15-22)31-24-16-17-30(27(33)28-18-20-10-4-1-5-11-20)19-23(24)25(29-31)21-12-6-2-7-13-21/h1-15H,16-19H2,(H,28,33). The van der Waals surface area contributed by atoms with Crippen molar-refractivity contribution >= 4 is 23.2 Å². The van der Waals surface area contributed by atoms with Gasteiger partial charge in [-0.1, -0.05) is 78.9 Å². The lowest BCUT2D eigenvalue weighted by Crippen LogP contribution is -2.42. The molecule has 5 nitrogen and oxygen atoms in total. The van der Waals surface area contributed by atoms with Gasteiger partial charge in [-0.25, -0.2) is 0 Å². The molecule has 0 radical (unpaired) electrons. The zero-order valence-electron chi connectivity index (χ0n) is 18.1. The van der Waals surface area contributed by atoms with Gasteiger partial charge in [-0.3, -0.25) is 4.79 Å². The van der Waals surface area contributed by atoms with Crippen molar-refractivity contribution < 1.29 is 4.79 Å². The summed E-state index contributed by atoms with van der Waals surface area (Å²) in [4.78, 5) is 15.4. The Balaban J connectivity index is 1.44. The minimum atomic E-state index is -0.104. The van der Waals surface area contributed by atoms with Gasteiger partial charge >= 0.3 is 0 Å². The number of carbonyl (C=O) groups excluding carboxylic acids is 1. The molecule has 0 unspecified atom stereocenters. The smallest absolute Gasteiger partial charge is 0.278 e. The summed E-state index contributed by atoms with van der Waals surface area (Å²) in [6.45, 7) is 2.03. The second-order valence-electron chi connectivity index (χ2n) is 8.04. The van der Waals surface area contributed by atoms with Crippen LogP contribution in [0.3, 0.4) is 0 Å². The first-order valence-corrected chi connectivity index (χ1v) is 11.4. The molecule has 3 aromatic carbocycles. The third-order valence-corrected chi connectivity index (χ3v) is 6.29. The zero-order valence-corrected chi connectivity index (χ0v) is 19.0.